The first-order chi connectivity index (χ1) is 7.61. The van der Waals surface area contributed by atoms with E-state index in [0.717, 1.165) is 10.2 Å². The molecule has 0 radical (unpaired) electrons. The minimum atomic E-state index is -0.261. The van der Waals surface area contributed by atoms with Gasteiger partial charge in [-0.2, -0.15) is 0 Å². The van der Waals surface area contributed by atoms with Crippen molar-refractivity contribution in [2.24, 2.45) is 0 Å². The molecule has 0 aliphatic heterocycles. The third-order valence-electron chi connectivity index (χ3n) is 2.04. The van der Waals surface area contributed by atoms with Gasteiger partial charge in [0.25, 0.3) is 0 Å². The lowest BCUT2D eigenvalue weighted by molar-refractivity contribution is 0.241. The van der Waals surface area contributed by atoms with Gasteiger partial charge in [0, 0.05) is 22.8 Å². The molecule has 2 amide bonds. The first-order valence-corrected chi connectivity index (χ1v) is 5.85. The minimum Gasteiger partial charge on any atom is -0.396 e. The minimum absolute atomic E-state index is 0.0413. The summed E-state index contributed by atoms with van der Waals surface area (Å²) in [6.45, 7) is 1.91. The molecule has 3 N–H and O–H groups in total. The van der Waals surface area contributed by atoms with Crippen LogP contribution in [0.2, 0.25) is 0 Å². The van der Waals surface area contributed by atoms with Gasteiger partial charge >= 0.3 is 6.03 Å². The summed E-state index contributed by atoms with van der Waals surface area (Å²) in [5, 5.41) is 14.1. The first-order valence-electron chi connectivity index (χ1n) is 5.05. The van der Waals surface area contributed by atoms with Crippen molar-refractivity contribution in [1.29, 1.82) is 0 Å². The molecule has 1 rings (SSSR count). The SMILES string of the molecule is C[C@H](CCO)NC(=O)Nc1ccc(Br)cc1. The second-order valence-corrected chi connectivity index (χ2v) is 4.43. The predicted molar refractivity (Wildman–Crippen MR) is 67.5 cm³/mol. The first kappa shape index (κ1) is 13.0. The summed E-state index contributed by atoms with van der Waals surface area (Å²) in [7, 11) is 0. The van der Waals surface area contributed by atoms with Crippen molar-refractivity contribution < 1.29 is 9.90 Å². The van der Waals surface area contributed by atoms with E-state index in [1.54, 1.807) is 12.1 Å². The zero-order valence-electron chi connectivity index (χ0n) is 9.03. The summed E-state index contributed by atoms with van der Waals surface area (Å²) in [5.41, 5.74) is 0.733. The Morgan fingerprint density at radius 1 is 1.44 bits per heavy atom. The fraction of sp³-hybridized carbons (Fsp3) is 0.364. The van der Waals surface area contributed by atoms with Crippen molar-refractivity contribution >= 4 is 27.6 Å². The number of nitrogens with one attached hydrogen (secondary N) is 2. The molecule has 0 bridgehead atoms. The maximum Gasteiger partial charge on any atom is 0.319 e. The number of urea groups is 1. The second-order valence-electron chi connectivity index (χ2n) is 3.52. The van der Waals surface area contributed by atoms with E-state index in [0.29, 0.717) is 6.42 Å². The fourth-order valence-electron chi connectivity index (χ4n) is 1.19. The molecular formula is C11H15BrN2O2. The van der Waals surface area contributed by atoms with Crippen LogP contribution in [0.1, 0.15) is 13.3 Å². The Balaban J connectivity index is 2.42. The number of carbonyl (C=O) groups is 1. The van der Waals surface area contributed by atoms with Gasteiger partial charge in [0.2, 0.25) is 0 Å². The van der Waals surface area contributed by atoms with Gasteiger partial charge in [0.05, 0.1) is 0 Å². The molecule has 1 atom stereocenters. The van der Waals surface area contributed by atoms with Crippen LogP contribution in [-0.4, -0.2) is 23.8 Å². The largest absolute Gasteiger partial charge is 0.396 e. The highest BCUT2D eigenvalue weighted by molar-refractivity contribution is 9.10. The second kappa shape index (κ2) is 6.50. The predicted octanol–water partition coefficient (Wildman–Crippen LogP) is 2.34. The molecule has 5 heteroatoms. The molecule has 0 saturated carbocycles. The number of hydrogen-bond acceptors (Lipinski definition) is 2. The van der Waals surface area contributed by atoms with Crippen LogP contribution >= 0.6 is 15.9 Å². The van der Waals surface area contributed by atoms with E-state index in [4.69, 9.17) is 5.11 Å². The van der Waals surface area contributed by atoms with Crippen molar-refractivity contribution in [3.63, 3.8) is 0 Å². The monoisotopic (exact) mass is 286 g/mol. The highest BCUT2D eigenvalue weighted by atomic mass is 79.9. The standard InChI is InChI=1S/C11H15BrN2O2/c1-8(6-7-15)13-11(16)14-10-4-2-9(12)3-5-10/h2-5,8,15H,6-7H2,1H3,(H2,13,14,16)/t8-/m1/s1. The van der Waals surface area contributed by atoms with Crippen LogP contribution in [0.25, 0.3) is 0 Å². The van der Waals surface area contributed by atoms with Crippen LogP contribution in [0.4, 0.5) is 10.5 Å². The summed E-state index contributed by atoms with van der Waals surface area (Å²) in [4.78, 5) is 11.5. The molecule has 0 spiro atoms. The molecule has 0 fully saturated rings. The van der Waals surface area contributed by atoms with Crippen LogP contribution in [0.15, 0.2) is 28.7 Å². The average Bonchev–Trinajstić information content (AvgIpc) is 2.21. The number of carbonyl (C=O) groups excluding carboxylic acids is 1. The number of amides is 2. The zero-order chi connectivity index (χ0) is 12.0. The summed E-state index contributed by atoms with van der Waals surface area (Å²) in [5.74, 6) is 0. The van der Waals surface area contributed by atoms with Crippen LogP contribution in [0, 0.1) is 0 Å². The van der Waals surface area contributed by atoms with Crippen molar-refractivity contribution in [1.82, 2.24) is 5.32 Å². The van der Waals surface area contributed by atoms with Gasteiger partial charge in [-0.05, 0) is 37.6 Å². The van der Waals surface area contributed by atoms with E-state index in [2.05, 4.69) is 26.6 Å². The normalized spacial score (nSPS) is 11.9. The van der Waals surface area contributed by atoms with Crippen molar-refractivity contribution in [3.8, 4) is 0 Å². The summed E-state index contributed by atoms with van der Waals surface area (Å²) in [6.07, 6.45) is 0.549. The molecular weight excluding hydrogens is 272 g/mol. The summed E-state index contributed by atoms with van der Waals surface area (Å²) in [6, 6.07) is 7.02. The number of hydrogen-bond donors (Lipinski definition) is 3. The van der Waals surface area contributed by atoms with Crippen LogP contribution in [0.5, 0.6) is 0 Å². The molecule has 16 heavy (non-hydrogen) atoms. The van der Waals surface area contributed by atoms with Gasteiger partial charge in [0.15, 0.2) is 0 Å². The van der Waals surface area contributed by atoms with Crippen molar-refractivity contribution in [2.45, 2.75) is 19.4 Å². The van der Waals surface area contributed by atoms with Gasteiger partial charge in [-0.25, -0.2) is 4.79 Å². The van der Waals surface area contributed by atoms with Crippen molar-refractivity contribution in [3.05, 3.63) is 28.7 Å². The Morgan fingerprint density at radius 2 is 2.06 bits per heavy atom. The van der Waals surface area contributed by atoms with E-state index < -0.39 is 0 Å². The van der Waals surface area contributed by atoms with Gasteiger partial charge < -0.3 is 15.7 Å². The maximum atomic E-state index is 11.5. The maximum absolute atomic E-state index is 11.5. The van der Waals surface area contributed by atoms with Crippen molar-refractivity contribution in [2.75, 3.05) is 11.9 Å². The molecule has 1 aromatic rings. The summed E-state index contributed by atoms with van der Waals surface area (Å²) < 4.78 is 0.965. The van der Waals surface area contributed by atoms with Crippen LogP contribution < -0.4 is 10.6 Å². The van der Waals surface area contributed by atoms with Gasteiger partial charge in [-0.1, -0.05) is 15.9 Å². The Kier molecular flexibility index (Phi) is 5.28. The van der Waals surface area contributed by atoms with E-state index in [1.165, 1.54) is 0 Å². The fourth-order valence-corrected chi connectivity index (χ4v) is 1.45. The molecule has 0 aliphatic carbocycles. The van der Waals surface area contributed by atoms with Gasteiger partial charge in [0.1, 0.15) is 0 Å². The van der Waals surface area contributed by atoms with Gasteiger partial charge in [-0.3, -0.25) is 0 Å². The number of aliphatic hydroxyl groups is 1. The number of benzene rings is 1. The molecule has 4 nitrogen and oxygen atoms in total. The van der Waals surface area contributed by atoms with E-state index in [9.17, 15) is 4.79 Å². The highest BCUT2D eigenvalue weighted by Gasteiger charge is 2.06. The molecule has 0 aromatic heterocycles. The molecule has 0 unspecified atom stereocenters. The van der Waals surface area contributed by atoms with E-state index in [1.807, 2.05) is 19.1 Å². The van der Waals surface area contributed by atoms with Gasteiger partial charge in [-0.15, -0.1) is 0 Å². The van der Waals surface area contributed by atoms with E-state index >= 15 is 0 Å². The number of halogens is 1. The quantitative estimate of drug-likeness (QED) is 0.796. The third-order valence-corrected chi connectivity index (χ3v) is 2.57. The molecule has 0 saturated heterocycles. The lowest BCUT2D eigenvalue weighted by atomic mass is 10.2. The lowest BCUT2D eigenvalue weighted by Crippen LogP contribution is -2.36. The molecule has 0 heterocycles. The Bertz CT molecular complexity index is 340. The van der Waals surface area contributed by atoms with Crippen LogP contribution in [0.3, 0.4) is 0 Å². The zero-order valence-corrected chi connectivity index (χ0v) is 10.6. The van der Waals surface area contributed by atoms with Crippen LogP contribution in [-0.2, 0) is 0 Å². The Labute approximate surface area is 103 Å². The summed E-state index contributed by atoms with van der Waals surface area (Å²) >= 11 is 3.32. The third kappa shape index (κ3) is 4.63. The van der Waals surface area contributed by atoms with E-state index in [-0.39, 0.29) is 18.7 Å². The number of rotatable bonds is 4. The smallest absolute Gasteiger partial charge is 0.319 e. The average molecular weight is 287 g/mol. The highest BCUT2D eigenvalue weighted by Crippen LogP contribution is 2.13. The molecule has 0 aliphatic rings. The number of anilines is 1. The number of aliphatic hydroxyl groups excluding tert-OH is 1. The molecule has 1 aromatic carbocycles. The lowest BCUT2D eigenvalue weighted by Gasteiger charge is -2.13. The topological polar surface area (TPSA) is 61.4 Å². The Hall–Kier alpha value is -1.07. The molecule has 88 valence electrons. The Morgan fingerprint density at radius 3 is 2.62 bits per heavy atom.